The molecule has 3 aromatic rings. The highest BCUT2D eigenvalue weighted by atomic mass is 19.1. The monoisotopic (exact) mass is 283 g/mol. The number of hydrogen-bond acceptors (Lipinski definition) is 2. The molecule has 3 nitrogen and oxygen atoms in total. The van der Waals surface area contributed by atoms with Gasteiger partial charge in [-0.1, -0.05) is 31.2 Å². The van der Waals surface area contributed by atoms with Crippen LogP contribution in [-0.2, 0) is 0 Å². The maximum atomic E-state index is 14.5. The second-order valence-electron chi connectivity index (χ2n) is 5.06. The standard InChI is InChI=1S/C17H18FN3/c1-3-19-12(2)13-7-6-8-14(18)17(13)21-11-20-15-9-4-5-10-16(15)21/h4-12,19H,3H2,1-2H3. The lowest BCUT2D eigenvalue weighted by Crippen LogP contribution is -2.20. The fourth-order valence-electron chi connectivity index (χ4n) is 2.69. The van der Waals surface area contributed by atoms with Crippen molar-refractivity contribution < 1.29 is 4.39 Å². The molecule has 0 radical (unpaired) electrons. The summed E-state index contributed by atoms with van der Waals surface area (Å²) in [4.78, 5) is 4.36. The Labute approximate surface area is 123 Å². The molecule has 0 saturated heterocycles. The van der Waals surface area contributed by atoms with Gasteiger partial charge in [-0.3, -0.25) is 4.57 Å². The van der Waals surface area contributed by atoms with Gasteiger partial charge in [-0.25, -0.2) is 9.37 Å². The van der Waals surface area contributed by atoms with Gasteiger partial charge in [-0.05, 0) is 37.2 Å². The third-order valence-electron chi connectivity index (χ3n) is 3.69. The molecule has 1 unspecified atom stereocenters. The molecule has 1 aromatic heterocycles. The van der Waals surface area contributed by atoms with Crippen molar-refractivity contribution in [1.29, 1.82) is 0 Å². The minimum Gasteiger partial charge on any atom is -0.310 e. The van der Waals surface area contributed by atoms with E-state index in [0.29, 0.717) is 5.69 Å². The van der Waals surface area contributed by atoms with E-state index >= 15 is 0 Å². The molecule has 0 fully saturated rings. The zero-order valence-electron chi connectivity index (χ0n) is 12.2. The number of aromatic nitrogens is 2. The number of nitrogens with zero attached hydrogens (tertiary/aromatic N) is 2. The molecule has 0 saturated carbocycles. The van der Waals surface area contributed by atoms with Crippen molar-refractivity contribution in [3.63, 3.8) is 0 Å². The van der Waals surface area contributed by atoms with Gasteiger partial charge in [0.2, 0.25) is 0 Å². The van der Waals surface area contributed by atoms with Crippen molar-refractivity contribution in [2.75, 3.05) is 6.54 Å². The van der Waals surface area contributed by atoms with Gasteiger partial charge in [-0.2, -0.15) is 0 Å². The molecule has 0 aliphatic heterocycles. The van der Waals surface area contributed by atoms with Gasteiger partial charge in [0, 0.05) is 6.04 Å². The molecule has 1 atom stereocenters. The third kappa shape index (κ3) is 2.43. The molecule has 2 aromatic carbocycles. The average Bonchev–Trinajstić information content (AvgIpc) is 2.91. The summed E-state index contributed by atoms with van der Waals surface area (Å²) in [5.41, 5.74) is 3.27. The minimum absolute atomic E-state index is 0.0712. The Morgan fingerprint density at radius 3 is 2.81 bits per heavy atom. The van der Waals surface area contributed by atoms with E-state index in [4.69, 9.17) is 0 Å². The Balaban J connectivity index is 2.22. The summed E-state index contributed by atoms with van der Waals surface area (Å²) in [5, 5.41) is 3.34. The largest absolute Gasteiger partial charge is 0.310 e. The van der Waals surface area contributed by atoms with E-state index in [1.165, 1.54) is 6.07 Å². The molecule has 0 aliphatic carbocycles. The number of halogens is 1. The Hall–Kier alpha value is -2.20. The first kappa shape index (κ1) is 13.8. The van der Waals surface area contributed by atoms with Crippen molar-refractivity contribution in [1.82, 2.24) is 14.9 Å². The molecule has 4 heteroatoms. The smallest absolute Gasteiger partial charge is 0.147 e. The quantitative estimate of drug-likeness (QED) is 0.788. The molecule has 0 aliphatic rings. The lowest BCUT2D eigenvalue weighted by Gasteiger charge is -2.18. The summed E-state index contributed by atoms with van der Waals surface area (Å²) in [6.45, 7) is 4.92. The summed E-state index contributed by atoms with van der Waals surface area (Å²) < 4.78 is 16.3. The zero-order valence-corrected chi connectivity index (χ0v) is 12.2. The number of benzene rings is 2. The first-order valence-corrected chi connectivity index (χ1v) is 7.16. The molecular weight excluding hydrogens is 265 g/mol. The van der Waals surface area contributed by atoms with Crippen LogP contribution in [0.2, 0.25) is 0 Å². The Morgan fingerprint density at radius 1 is 1.19 bits per heavy atom. The second-order valence-corrected chi connectivity index (χ2v) is 5.06. The lowest BCUT2D eigenvalue weighted by molar-refractivity contribution is 0.576. The van der Waals surface area contributed by atoms with Gasteiger partial charge in [0.15, 0.2) is 0 Å². The Morgan fingerprint density at radius 2 is 2.00 bits per heavy atom. The van der Waals surface area contributed by atoms with E-state index in [0.717, 1.165) is 23.1 Å². The number of rotatable bonds is 4. The first-order valence-electron chi connectivity index (χ1n) is 7.16. The fourth-order valence-corrected chi connectivity index (χ4v) is 2.69. The highest BCUT2D eigenvalue weighted by Gasteiger charge is 2.17. The van der Waals surface area contributed by atoms with Crippen LogP contribution in [-0.4, -0.2) is 16.1 Å². The predicted octanol–water partition coefficient (Wildman–Crippen LogP) is 3.84. The van der Waals surface area contributed by atoms with E-state index in [9.17, 15) is 4.39 Å². The van der Waals surface area contributed by atoms with Crippen molar-refractivity contribution in [2.24, 2.45) is 0 Å². The van der Waals surface area contributed by atoms with Gasteiger partial charge in [-0.15, -0.1) is 0 Å². The van der Waals surface area contributed by atoms with Gasteiger partial charge in [0.05, 0.1) is 16.7 Å². The number of fused-ring (bicyclic) bond motifs is 1. The summed E-state index contributed by atoms with van der Waals surface area (Å²) in [7, 11) is 0. The molecule has 108 valence electrons. The zero-order chi connectivity index (χ0) is 14.8. The normalized spacial score (nSPS) is 12.7. The second kappa shape index (κ2) is 5.66. The van der Waals surface area contributed by atoms with Gasteiger partial charge in [0.1, 0.15) is 12.1 Å². The molecular formula is C17H18FN3. The van der Waals surface area contributed by atoms with Crippen molar-refractivity contribution in [2.45, 2.75) is 19.9 Å². The highest BCUT2D eigenvalue weighted by molar-refractivity contribution is 5.77. The summed E-state index contributed by atoms with van der Waals surface area (Å²) in [6, 6.07) is 13.0. The molecule has 0 amide bonds. The van der Waals surface area contributed by atoms with Crippen LogP contribution in [0.3, 0.4) is 0 Å². The van der Waals surface area contributed by atoms with Crippen LogP contribution in [0, 0.1) is 5.82 Å². The Kier molecular flexibility index (Phi) is 3.71. The lowest BCUT2D eigenvalue weighted by atomic mass is 10.1. The molecule has 21 heavy (non-hydrogen) atoms. The van der Waals surface area contributed by atoms with E-state index in [1.54, 1.807) is 12.4 Å². The van der Waals surface area contributed by atoms with Crippen molar-refractivity contribution in [3.8, 4) is 5.69 Å². The summed E-state index contributed by atoms with van der Waals surface area (Å²) in [6.07, 6.45) is 1.69. The topological polar surface area (TPSA) is 29.9 Å². The molecule has 3 rings (SSSR count). The number of imidazole rings is 1. The van der Waals surface area contributed by atoms with Crippen LogP contribution in [0.1, 0.15) is 25.5 Å². The summed E-state index contributed by atoms with van der Waals surface area (Å²) >= 11 is 0. The van der Waals surface area contributed by atoms with Crippen LogP contribution in [0.15, 0.2) is 48.8 Å². The van der Waals surface area contributed by atoms with E-state index in [2.05, 4.69) is 10.3 Å². The van der Waals surface area contributed by atoms with Crippen LogP contribution < -0.4 is 5.32 Å². The van der Waals surface area contributed by atoms with E-state index < -0.39 is 0 Å². The molecule has 0 spiro atoms. The van der Waals surface area contributed by atoms with Gasteiger partial charge < -0.3 is 5.32 Å². The average molecular weight is 283 g/mol. The first-order chi connectivity index (χ1) is 10.2. The molecule has 1 N–H and O–H groups in total. The molecule has 0 bridgehead atoms. The Bertz CT molecular complexity index is 764. The van der Waals surface area contributed by atoms with Crippen molar-refractivity contribution in [3.05, 3.63) is 60.2 Å². The van der Waals surface area contributed by atoms with E-state index in [1.807, 2.05) is 48.7 Å². The van der Waals surface area contributed by atoms with Gasteiger partial charge in [0.25, 0.3) is 0 Å². The van der Waals surface area contributed by atoms with Crippen LogP contribution in [0.25, 0.3) is 16.7 Å². The van der Waals surface area contributed by atoms with Crippen LogP contribution in [0.5, 0.6) is 0 Å². The number of hydrogen-bond donors (Lipinski definition) is 1. The number of para-hydroxylation sites is 3. The predicted molar refractivity (Wildman–Crippen MR) is 83.1 cm³/mol. The van der Waals surface area contributed by atoms with Crippen LogP contribution in [0.4, 0.5) is 4.39 Å². The SMILES string of the molecule is CCNC(C)c1cccc(F)c1-n1cnc2ccccc21. The summed E-state index contributed by atoms with van der Waals surface area (Å²) in [5.74, 6) is -0.236. The maximum Gasteiger partial charge on any atom is 0.147 e. The fraction of sp³-hybridized carbons (Fsp3) is 0.235. The van der Waals surface area contributed by atoms with E-state index in [-0.39, 0.29) is 11.9 Å². The maximum absolute atomic E-state index is 14.5. The minimum atomic E-state index is -0.236. The van der Waals surface area contributed by atoms with Crippen LogP contribution >= 0.6 is 0 Å². The van der Waals surface area contributed by atoms with Gasteiger partial charge >= 0.3 is 0 Å². The molecule has 1 heterocycles. The van der Waals surface area contributed by atoms with Crippen molar-refractivity contribution >= 4 is 11.0 Å². The third-order valence-corrected chi connectivity index (χ3v) is 3.69. The highest BCUT2D eigenvalue weighted by Crippen LogP contribution is 2.27. The number of nitrogens with one attached hydrogen (secondary N) is 1.